The number of thiocarbonyl (C=S) groups is 1. The number of amides is 2. The van der Waals surface area contributed by atoms with Crippen LogP contribution in [0.2, 0.25) is 10.0 Å². The molecule has 1 N–H and O–H groups in total. The average molecular weight is 413 g/mol. The van der Waals surface area contributed by atoms with Crippen LogP contribution in [0, 0.1) is 11.6 Å². The molecule has 2 aromatic rings. The van der Waals surface area contributed by atoms with Crippen LogP contribution in [0.15, 0.2) is 42.0 Å². The first kappa shape index (κ1) is 18.4. The van der Waals surface area contributed by atoms with Gasteiger partial charge in [-0.3, -0.25) is 19.8 Å². The van der Waals surface area contributed by atoms with Gasteiger partial charge in [0.05, 0.1) is 10.7 Å². The number of carbonyl (C=O) groups excluding carboxylic acids is 2. The van der Waals surface area contributed by atoms with Crippen molar-refractivity contribution in [3.63, 3.8) is 0 Å². The quantitative estimate of drug-likeness (QED) is 0.349. The predicted octanol–water partition coefficient (Wildman–Crippen LogP) is 4.10. The number of rotatable bonds is 2. The maximum absolute atomic E-state index is 14.0. The molecule has 0 spiro atoms. The number of hydrogen-bond acceptors (Lipinski definition) is 3. The molecule has 2 amide bonds. The summed E-state index contributed by atoms with van der Waals surface area (Å²) in [5, 5.41) is 2.09. The molecule has 0 radical (unpaired) electrons. The van der Waals surface area contributed by atoms with E-state index in [1.807, 2.05) is 0 Å². The Bertz CT molecular complexity index is 977. The van der Waals surface area contributed by atoms with Gasteiger partial charge in [0, 0.05) is 10.6 Å². The topological polar surface area (TPSA) is 49.4 Å². The van der Waals surface area contributed by atoms with E-state index in [1.165, 1.54) is 24.3 Å². The van der Waals surface area contributed by atoms with Gasteiger partial charge in [-0.25, -0.2) is 8.78 Å². The standard InChI is InChI=1S/C17H8Cl2F2N2O2S/c18-8-1-3-9(4-2-8)23-16(25)11(15(24)22-17(23)26)7-10-12(20)5-6-13(21)14(10)19/h1-7H,(H,22,24,26)/b11-7+. The van der Waals surface area contributed by atoms with Crippen molar-refractivity contribution in [2.45, 2.75) is 0 Å². The Hall–Kier alpha value is -2.35. The zero-order chi connectivity index (χ0) is 19.0. The molecule has 0 bridgehead atoms. The van der Waals surface area contributed by atoms with Gasteiger partial charge in [0.2, 0.25) is 0 Å². The van der Waals surface area contributed by atoms with Crippen LogP contribution < -0.4 is 10.2 Å². The number of nitrogens with one attached hydrogen (secondary N) is 1. The highest BCUT2D eigenvalue weighted by Crippen LogP contribution is 2.28. The van der Waals surface area contributed by atoms with Crippen LogP contribution in [0.4, 0.5) is 14.5 Å². The molecule has 4 nitrogen and oxygen atoms in total. The smallest absolute Gasteiger partial charge is 0.270 e. The summed E-state index contributed by atoms with van der Waals surface area (Å²) >= 11 is 16.6. The molecule has 0 aromatic heterocycles. The van der Waals surface area contributed by atoms with Crippen molar-refractivity contribution in [2.75, 3.05) is 4.90 Å². The zero-order valence-corrected chi connectivity index (χ0v) is 15.1. The molecule has 2 aromatic carbocycles. The summed E-state index contributed by atoms with van der Waals surface area (Å²) < 4.78 is 27.6. The maximum Gasteiger partial charge on any atom is 0.270 e. The second kappa shape index (κ2) is 7.11. The second-order valence-electron chi connectivity index (χ2n) is 5.19. The fraction of sp³-hybridized carbons (Fsp3) is 0. The van der Waals surface area contributed by atoms with Crippen LogP contribution in [0.3, 0.4) is 0 Å². The Morgan fingerprint density at radius 1 is 1.00 bits per heavy atom. The Balaban J connectivity index is 2.09. The Morgan fingerprint density at radius 3 is 2.27 bits per heavy atom. The number of carbonyl (C=O) groups is 2. The molecule has 26 heavy (non-hydrogen) atoms. The molecule has 1 saturated heterocycles. The average Bonchev–Trinajstić information content (AvgIpc) is 2.59. The first-order valence-corrected chi connectivity index (χ1v) is 8.26. The van der Waals surface area contributed by atoms with Gasteiger partial charge < -0.3 is 0 Å². The fourth-order valence-electron chi connectivity index (χ4n) is 2.30. The van der Waals surface area contributed by atoms with Crippen LogP contribution in [-0.2, 0) is 9.59 Å². The second-order valence-corrected chi connectivity index (χ2v) is 6.39. The molecule has 1 aliphatic rings. The lowest BCUT2D eigenvalue weighted by Gasteiger charge is -2.29. The number of anilines is 1. The van der Waals surface area contributed by atoms with E-state index in [1.54, 1.807) is 0 Å². The number of nitrogens with zero attached hydrogens (tertiary/aromatic N) is 1. The Labute approximate surface area is 162 Å². The summed E-state index contributed by atoms with van der Waals surface area (Å²) in [6.45, 7) is 0. The van der Waals surface area contributed by atoms with Gasteiger partial charge in [0.15, 0.2) is 5.11 Å². The lowest BCUT2D eigenvalue weighted by molar-refractivity contribution is -0.122. The fourth-order valence-corrected chi connectivity index (χ4v) is 2.92. The number of halogens is 4. The first-order chi connectivity index (χ1) is 12.3. The van der Waals surface area contributed by atoms with Gasteiger partial charge in [-0.2, -0.15) is 0 Å². The molecule has 0 saturated carbocycles. The van der Waals surface area contributed by atoms with Crippen molar-refractivity contribution in [1.29, 1.82) is 0 Å². The van der Waals surface area contributed by atoms with Gasteiger partial charge in [-0.1, -0.05) is 23.2 Å². The van der Waals surface area contributed by atoms with Crippen LogP contribution in [-0.4, -0.2) is 16.9 Å². The molecule has 0 aliphatic carbocycles. The molecule has 1 heterocycles. The first-order valence-electron chi connectivity index (χ1n) is 7.10. The summed E-state index contributed by atoms with van der Waals surface area (Å²) in [4.78, 5) is 26.0. The van der Waals surface area contributed by atoms with Gasteiger partial charge >= 0.3 is 0 Å². The third-order valence-corrected chi connectivity index (χ3v) is 4.48. The number of hydrogen-bond donors (Lipinski definition) is 1. The van der Waals surface area contributed by atoms with Gasteiger partial charge in [0.1, 0.15) is 17.2 Å². The maximum atomic E-state index is 14.0. The predicted molar refractivity (Wildman–Crippen MR) is 99.0 cm³/mol. The molecule has 132 valence electrons. The molecule has 1 fully saturated rings. The minimum atomic E-state index is -0.881. The summed E-state index contributed by atoms with van der Waals surface area (Å²) in [5.41, 5.74) is -0.505. The minimum Gasteiger partial charge on any atom is -0.298 e. The highest BCUT2D eigenvalue weighted by molar-refractivity contribution is 7.80. The van der Waals surface area contributed by atoms with Crippen LogP contribution in [0.5, 0.6) is 0 Å². The van der Waals surface area contributed by atoms with Gasteiger partial charge in [-0.15, -0.1) is 0 Å². The summed E-state index contributed by atoms with van der Waals surface area (Å²) in [7, 11) is 0. The summed E-state index contributed by atoms with van der Waals surface area (Å²) in [6, 6.07) is 7.82. The molecule has 3 rings (SSSR count). The van der Waals surface area contributed by atoms with Crippen molar-refractivity contribution in [1.82, 2.24) is 5.32 Å². The van der Waals surface area contributed by atoms with Gasteiger partial charge in [-0.05, 0) is 54.7 Å². The molecule has 9 heteroatoms. The third kappa shape index (κ3) is 3.33. The lowest BCUT2D eigenvalue weighted by Crippen LogP contribution is -2.54. The monoisotopic (exact) mass is 412 g/mol. The minimum absolute atomic E-state index is 0.148. The van der Waals surface area contributed by atoms with Crippen LogP contribution >= 0.6 is 35.4 Å². The zero-order valence-electron chi connectivity index (χ0n) is 12.7. The normalized spacial score (nSPS) is 16.2. The van der Waals surface area contributed by atoms with Crippen molar-refractivity contribution < 1.29 is 18.4 Å². The van der Waals surface area contributed by atoms with E-state index in [9.17, 15) is 18.4 Å². The Kier molecular flexibility index (Phi) is 5.04. The molecule has 1 aliphatic heterocycles. The van der Waals surface area contributed by atoms with Crippen molar-refractivity contribution in [2.24, 2.45) is 0 Å². The van der Waals surface area contributed by atoms with Crippen molar-refractivity contribution in [3.05, 3.63) is 69.2 Å². The van der Waals surface area contributed by atoms with Crippen molar-refractivity contribution >= 4 is 64.1 Å². The number of benzene rings is 2. The van der Waals surface area contributed by atoms with E-state index in [4.69, 9.17) is 35.4 Å². The molecular formula is C17H8Cl2F2N2O2S. The van der Waals surface area contributed by atoms with E-state index >= 15 is 0 Å². The van der Waals surface area contributed by atoms with E-state index in [0.717, 1.165) is 23.1 Å². The van der Waals surface area contributed by atoms with Crippen LogP contribution in [0.1, 0.15) is 5.56 Å². The van der Waals surface area contributed by atoms with E-state index in [-0.39, 0.29) is 5.11 Å². The molecular weight excluding hydrogens is 405 g/mol. The van der Waals surface area contributed by atoms with E-state index in [0.29, 0.717) is 10.7 Å². The highest BCUT2D eigenvalue weighted by atomic mass is 35.5. The third-order valence-electron chi connectivity index (χ3n) is 3.55. The molecule has 0 atom stereocenters. The summed E-state index contributed by atoms with van der Waals surface area (Å²) in [5.74, 6) is -3.41. The lowest BCUT2D eigenvalue weighted by atomic mass is 10.1. The SMILES string of the molecule is O=C1NC(=S)N(c2ccc(Cl)cc2)C(=O)/C1=C/c1c(F)ccc(F)c1Cl. The molecule has 0 unspecified atom stereocenters. The van der Waals surface area contributed by atoms with Crippen molar-refractivity contribution in [3.8, 4) is 0 Å². The van der Waals surface area contributed by atoms with E-state index in [2.05, 4.69) is 5.32 Å². The van der Waals surface area contributed by atoms with E-state index < -0.39 is 39.6 Å². The highest BCUT2D eigenvalue weighted by Gasteiger charge is 2.35. The van der Waals surface area contributed by atoms with Crippen LogP contribution in [0.25, 0.3) is 6.08 Å². The largest absolute Gasteiger partial charge is 0.298 e. The van der Waals surface area contributed by atoms with Gasteiger partial charge in [0.25, 0.3) is 11.8 Å². The summed E-state index contributed by atoms with van der Waals surface area (Å²) in [6.07, 6.45) is 0.892. The Morgan fingerprint density at radius 2 is 1.62 bits per heavy atom.